The predicted molar refractivity (Wildman–Crippen MR) is 62.6 cm³/mol. The second kappa shape index (κ2) is 5.05. The first-order valence-electron chi connectivity index (χ1n) is 5.67. The molecule has 0 aliphatic heterocycles. The number of esters is 1. The maximum absolute atomic E-state index is 11.7. The quantitative estimate of drug-likeness (QED) is 0.383. The average Bonchev–Trinajstić information content (AvgIpc) is 2.26. The first kappa shape index (κ1) is 13.0. The molecule has 0 heterocycles. The molecule has 1 aromatic rings. The number of ether oxygens (including phenoxy) is 1. The predicted octanol–water partition coefficient (Wildman–Crippen LogP) is 1.61. The summed E-state index contributed by atoms with van der Waals surface area (Å²) >= 11 is 0. The Morgan fingerprint density at radius 1 is 1.26 bits per heavy atom. The highest BCUT2D eigenvalue weighted by atomic mass is 16.6. The van der Waals surface area contributed by atoms with Crippen molar-refractivity contribution >= 4 is 17.6 Å². The van der Waals surface area contributed by atoms with E-state index in [1.54, 1.807) is 0 Å². The van der Waals surface area contributed by atoms with E-state index in [2.05, 4.69) is 0 Å². The van der Waals surface area contributed by atoms with E-state index in [0.717, 1.165) is 0 Å². The van der Waals surface area contributed by atoms with E-state index in [-0.39, 0.29) is 24.3 Å². The molecule has 0 spiro atoms. The molecule has 0 saturated heterocycles. The summed E-state index contributed by atoms with van der Waals surface area (Å²) in [5, 5.41) is 19.4. The van der Waals surface area contributed by atoms with Gasteiger partial charge >= 0.3 is 17.6 Å². The van der Waals surface area contributed by atoms with E-state index in [1.807, 2.05) is 0 Å². The number of carboxylic acids is 1. The topological polar surface area (TPSA) is 107 Å². The van der Waals surface area contributed by atoms with Crippen molar-refractivity contribution in [3.8, 4) is 5.75 Å². The Bertz CT molecular complexity index is 535. The summed E-state index contributed by atoms with van der Waals surface area (Å²) < 4.78 is 4.97. The van der Waals surface area contributed by atoms with Crippen molar-refractivity contribution in [2.75, 3.05) is 0 Å². The Balaban J connectivity index is 2.01. The number of hydrogen-bond donors (Lipinski definition) is 1. The smallest absolute Gasteiger partial charge is 0.314 e. The van der Waals surface area contributed by atoms with Gasteiger partial charge in [0.05, 0.1) is 16.8 Å². The number of para-hydroxylation sites is 2. The number of carboxylic acid groups (broad SMARTS) is 1. The van der Waals surface area contributed by atoms with Crippen LogP contribution < -0.4 is 4.74 Å². The van der Waals surface area contributed by atoms with Crippen LogP contribution in [0.2, 0.25) is 0 Å². The lowest BCUT2D eigenvalue weighted by atomic mass is 9.75. The van der Waals surface area contributed by atoms with Crippen LogP contribution in [-0.2, 0) is 9.59 Å². The fourth-order valence-corrected chi connectivity index (χ4v) is 1.90. The fourth-order valence-electron chi connectivity index (χ4n) is 1.90. The molecule has 100 valence electrons. The third-order valence-corrected chi connectivity index (χ3v) is 3.09. The Hall–Kier alpha value is -2.44. The van der Waals surface area contributed by atoms with Crippen LogP contribution in [0.3, 0.4) is 0 Å². The van der Waals surface area contributed by atoms with Crippen LogP contribution in [-0.4, -0.2) is 22.0 Å². The van der Waals surface area contributed by atoms with E-state index >= 15 is 0 Å². The highest BCUT2D eigenvalue weighted by Crippen LogP contribution is 2.36. The van der Waals surface area contributed by atoms with Crippen molar-refractivity contribution < 1.29 is 24.4 Å². The van der Waals surface area contributed by atoms with Crippen LogP contribution in [0.1, 0.15) is 12.8 Å². The Morgan fingerprint density at radius 3 is 2.47 bits per heavy atom. The summed E-state index contributed by atoms with van der Waals surface area (Å²) in [6.07, 6.45) is 0.434. The molecule has 0 aromatic heterocycles. The van der Waals surface area contributed by atoms with E-state index in [9.17, 15) is 19.7 Å². The lowest BCUT2D eigenvalue weighted by Gasteiger charge is -2.29. The molecule has 0 amide bonds. The molecule has 19 heavy (non-hydrogen) atoms. The van der Waals surface area contributed by atoms with Crippen molar-refractivity contribution in [1.82, 2.24) is 0 Å². The second-order valence-corrected chi connectivity index (χ2v) is 4.35. The number of benzene rings is 1. The molecule has 2 rings (SSSR count). The molecule has 1 saturated carbocycles. The first-order chi connectivity index (χ1) is 8.99. The lowest BCUT2D eigenvalue weighted by Crippen LogP contribution is -2.37. The van der Waals surface area contributed by atoms with Gasteiger partial charge < -0.3 is 9.84 Å². The number of nitro benzene ring substituents is 1. The Kier molecular flexibility index (Phi) is 3.46. The molecular weight excluding hydrogens is 254 g/mol. The van der Waals surface area contributed by atoms with E-state index in [1.165, 1.54) is 24.3 Å². The van der Waals surface area contributed by atoms with E-state index in [0.29, 0.717) is 0 Å². The van der Waals surface area contributed by atoms with E-state index in [4.69, 9.17) is 9.84 Å². The zero-order chi connectivity index (χ0) is 14.0. The highest BCUT2D eigenvalue weighted by Gasteiger charge is 2.40. The summed E-state index contributed by atoms with van der Waals surface area (Å²) in [4.78, 5) is 32.4. The van der Waals surface area contributed by atoms with Crippen LogP contribution in [0.25, 0.3) is 0 Å². The minimum atomic E-state index is -0.935. The fraction of sp³-hybridized carbons (Fsp3) is 0.333. The van der Waals surface area contributed by atoms with Gasteiger partial charge in [-0.1, -0.05) is 12.1 Å². The highest BCUT2D eigenvalue weighted by molar-refractivity contribution is 5.81. The van der Waals surface area contributed by atoms with Crippen molar-refractivity contribution in [3.05, 3.63) is 34.4 Å². The zero-order valence-electron chi connectivity index (χ0n) is 9.81. The third-order valence-electron chi connectivity index (χ3n) is 3.09. The van der Waals surface area contributed by atoms with Crippen LogP contribution in [0.15, 0.2) is 24.3 Å². The van der Waals surface area contributed by atoms with Gasteiger partial charge in [0.25, 0.3) is 0 Å². The molecule has 0 atom stereocenters. The standard InChI is InChI=1S/C12H11NO6/c14-11(15)7-5-8(6-7)12(16)19-10-4-2-1-3-9(10)13(17)18/h1-4,7-8H,5-6H2,(H,14,15). The normalized spacial score (nSPS) is 21.3. The molecule has 1 fully saturated rings. The first-order valence-corrected chi connectivity index (χ1v) is 5.67. The number of carbonyl (C=O) groups is 2. The average molecular weight is 265 g/mol. The number of aliphatic carboxylic acids is 1. The van der Waals surface area contributed by atoms with Crippen molar-refractivity contribution in [2.45, 2.75) is 12.8 Å². The van der Waals surface area contributed by atoms with Gasteiger partial charge in [-0.25, -0.2) is 0 Å². The van der Waals surface area contributed by atoms with Crippen molar-refractivity contribution in [3.63, 3.8) is 0 Å². The largest absolute Gasteiger partial charge is 0.481 e. The number of carbonyl (C=O) groups excluding carboxylic acids is 1. The summed E-state index contributed by atoms with van der Waals surface area (Å²) in [5.74, 6) is -2.69. The molecule has 7 nitrogen and oxygen atoms in total. The van der Waals surface area contributed by atoms with Crippen LogP contribution >= 0.6 is 0 Å². The van der Waals surface area contributed by atoms with Crippen molar-refractivity contribution in [2.24, 2.45) is 11.8 Å². The number of hydrogen-bond acceptors (Lipinski definition) is 5. The van der Waals surface area contributed by atoms with Gasteiger partial charge in [-0.15, -0.1) is 0 Å². The Labute approximate surface area is 107 Å². The SMILES string of the molecule is O=C(O)C1CC(C(=O)Oc2ccccc2[N+](=O)[O-])C1. The molecule has 1 aliphatic rings. The Morgan fingerprint density at radius 2 is 1.89 bits per heavy atom. The monoisotopic (exact) mass is 265 g/mol. The molecule has 1 aromatic carbocycles. The summed E-state index contributed by atoms with van der Waals surface area (Å²) in [7, 11) is 0. The van der Waals surface area contributed by atoms with Gasteiger partial charge in [-0.3, -0.25) is 19.7 Å². The van der Waals surface area contributed by atoms with Crippen LogP contribution in [0.5, 0.6) is 5.75 Å². The zero-order valence-corrected chi connectivity index (χ0v) is 9.81. The van der Waals surface area contributed by atoms with Gasteiger partial charge in [0.2, 0.25) is 5.75 Å². The minimum absolute atomic E-state index is 0.115. The van der Waals surface area contributed by atoms with Crippen LogP contribution in [0, 0.1) is 22.0 Å². The van der Waals surface area contributed by atoms with Gasteiger partial charge in [-0.05, 0) is 18.9 Å². The molecule has 1 aliphatic carbocycles. The summed E-state index contributed by atoms with van der Waals surface area (Å²) in [6, 6.07) is 5.57. The molecule has 0 radical (unpaired) electrons. The number of nitro groups is 1. The second-order valence-electron chi connectivity index (χ2n) is 4.35. The van der Waals surface area contributed by atoms with Gasteiger partial charge in [0.15, 0.2) is 0 Å². The van der Waals surface area contributed by atoms with Gasteiger partial charge in [-0.2, -0.15) is 0 Å². The third kappa shape index (κ3) is 2.70. The maximum Gasteiger partial charge on any atom is 0.314 e. The molecular formula is C12H11NO6. The molecule has 1 N–H and O–H groups in total. The van der Waals surface area contributed by atoms with Crippen LogP contribution in [0.4, 0.5) is 5.69 Å². The molecule has 0 unspecified atom stereocenters. The number of nitrogens with zero attached hydrogens (tertiary/aromatic N) is 1. The minimum Gasteiger partial charge on any atom is -0.481 e. The summed E-state index contributed by atoms with van der Waals surface area (Å²) in [6.45, 7) is 0. The maximum atomic E-state index is 11.7. The van der Waals surface area contributed by atoms with Gasteiger partial charge in [0, 0.05) is 6.07 Å². The summed E-state index contributed by atoms with van der Waals surface area (Å²) in [5.41, 5.74) is -0.287. The lowest BCUT2D eigenvalue weighted by molar-refractivity contribution is -0.385. The molecule has 7 heteroatoms. The van der Waals surface area contributed by atoms with Gasteiger partial charge in [0.1, 0.15) is 0 Å². The van der Waals surface area contributed by atoms with E-state index < -0.39 is 28.7 Å². The number of rotatable bonds is 4. The van der Waals surface area contributed by atoms with Crippen molar-refractivity contribution in [1.29, 1.82) is 0 Å². The molecule has 0 bridgehead atoms.